The molecule has 0 aromatic carbocycles. The quantitative estimate of drug-likeness (QED) is 0.446. The molecule has 0 aromatic heterocycles. The summed E-state index contributed by atoms with van der Waals surface area (Å²) in [7, 11) is 0. The minimum Gasteiger partial charge on any atom is -0.457 e. The van der Waals surface area contributed by atoms with E-state index in [1.54, 1.807) is 0 Å². The molecule has 2 unspecified atom stereocenters. The highest BCUT2D eigenvalue weighted by Gasteiger charge is 2.43. The van der Waals surface area contributed by atoms with Crippen molar-refractivity contribution in [3.05, 3.63) is 0 Å². The van der Waals surface area contributed by atoms with Crippen molar-refractivity contribution in [3.8, 4) is 0 Å². The second-order valence-corrected chi connectivity index (χ2v) is 3.29. The minimum absolute atomic E-state index is 0.576. The number of hydrogen-bond donors (Lipinski definition) is 3. The maximum atomic E-state index is 10.7. The topological polar surface area (TPSA) is 96.2 Å². The van der Waals surface area contributed by atoms with Gasteiger partial charge in [0.2, 0.25) is 0 Å². The first-order valence-corrected chi connectivity index (χ1v) is 4.30. The van der Waals surface area contributed by atoms with E-state index in [4.69, 9.17) is 14.6 Å². The van der Waals surface area contributed by atoms with E-state index in [0.29, 0.717) is 0 Å². The maximum absolute atomic E-state index is 10.7. The molecule has 0 aliphatic carbocycles. The molecule has 82 valence electrons. The van der Waals surface area contributed by atoms with Crippen LogP contribution in [0.3, 0.4) is 0 Å². The molecule has 6 heteroatoms. The van der Waals surface area contributed by atoms with Gasteiger partial charge in [0.15, 0.2) is 12.4 Å². The highest BCUT2D eigenvalue weighted by atomic mass is 16.7. The minimum atomic E-state index is -1.46. The third kappa shape index (κ3) is 2.21. The Hall–Kier alpha value is -0.690. The molecular formula is C8H14O6. The summed E-state index contributed by atoms with van der Waals surface area (Å²) in [6.45, 7) is 2.72. The number of aliphatic hydroxyl groups is 3. The Morgan fingerprint density at radius 1 is 1.29 bits per heavy atom. The number of rotatable bonds is 1. The molecule has 14 heavy (non-hydrogen) atoms. The van der Waals surface area contributed by atoms with Gasteiger partial charge in [0, 0.05) is 6.92 Å². The molecule has 1 rings (SSSR count). The monoisotopic (exact) mass is 206 g/mol. The van der Waals surface area contributed by atoms with Gasteiger partial charge in [0.25, 0.3) is 0 Å². The fraction of sp³-hybridized carbons (Fsp3) is 0.875. The smallest absolute Gasteiger partial charge is 0.303 e. The van der Waals surface area contributed by atoms with Crippen molar-refractivity contribution in [3.63, 3.8) is 0 Å². The molecule has 1 heterocycles. The van der Waals surface area contributed by atoms with Gasteiger partial charge < -0.3 is 24.8 Å². The van der Waals surface area contributed by atoms with E-state index in [1.807, 2.05) is 0 Å². The highest BCUT2D eigenvalue weighted by Crippen LogP contribution is 2.21. The van der Waals surface area contributed by atoms with Gasteiger partial charge in [-0.25, -0.2) is 0 Å². The summed E-state index contributed by atoms with van der Waals surface area (Å²) in [6.07, 6.45) is -5.86. The van der Waals surface area contributed by atoms with Crippen molar-refractivity contribution in [2.45, 2.75) is 44.6 Å². The molecule has 0 aromatic rings. The summed E-state index contributed by atoms with van der Waals surface area (Å²) < 4.78 is 9.60. The standard InChI is InChI=1S/C8H14O6/c1-3-7(14-4(2)9)5(10)6(11)8(12)13-3/h3,5-8,10-12H,1-2H3/t3?,5?,6-,7+,8+/m1/s1. The zero-order chi connectivity index (χ0) is 10.9. The van der Waals surface area contributed by atoms with Crippen LogP contribution in [0, 0.1) is 0 Å². The van der Waals surface area contributed by atoms with Crippen molar-refractivity contribution < 1.29 is 29.6 Å². The van der Waals surface area contributed by atoms with Gasteiger partial charge in [0.05, 0.1) is 6.10 Å². The molecule has 6 nitrogen and oxygen atoms in total. The number of ether oxygens (including phenoxy) is 2. The average molecular weight is 206 g/mol. The van der Waals surface area contributed by atoms with Gasteiger partial charge in [0.1, 0.15) is 12.2 Å². The zero-order valence-corrected chi connectivity index (χ0v) is 7.95. The molecule has 0 spiro atoms. The zero-order valence-electron chi connectivity index (χ0n) is 7.95. The SMILES string of the molecule is CC(=O)O[C@H]1C(C)O[C@H](O)[C@H](O)C1O. The summed E-state index contributed by atoms with van der Waals surface area (Å²) >= 11 is 0. The Kier molecular flexibility index (Phi) is 3.43. The number of esters is 1. The van der Waals surface area contributed by atoms with Crippen molar-refractivity contribution in [1.29, 1.82) is 0 Å². The molecule has 1 aliphatic rings. The van der Waals surface area contributed by atoms with E-state index < -0.39 is 36.7 Å². The molecule has 5 atom stereocenters. The lowest BCUT2D eigenvalue weighted by atomic mass is 10.00. The van der Waals surface area contributed by atoms with Crippen LogP contribution in [0.2, 0.25) is 0 Å². The van der Waals surface area contributed by atoms with E-state index >= 15 is 0 Å². The molecule has 0 bridgehead atoms. The van der Waals surface area contributed by atoms with Crippen LogP contribution in [0.25, 0.3) is 0 Å². The summed E-state index contributed by atoms with van der Waals surface area (Å²) in [4.78, 5) is 10.7. The lowest BCUT2D eigenvalue weighted by Gasteiger charge is -2.38. The second-order valence-electron chi connectivity index (χ2n) is 3.29. The fourth-order valence-corrected chi connectivity index (χ4v) is 1.38. The van der Waals surface area contributed by atoms with Crippen LogP contribution < -0.4 is 0 Å². The van der Waals surface area contributed by atoms with Crippen LogP contribution in [0.15, 0.2) is 0 Å². The van der Waals surface area contributed by atoms with Crippen molar-refractivity contribution in [2.75, 3.05) is 0 Å². The van der Waals surface area contributed by atoms with E-state index in [1.165, 1.54) is 13.8 Å². The molecule has 0 radical (unpaired) electrons. The van der Waals surface area contributed by atoms with Crippen LogP contribution in [-0.2, 0) is 14.3 Å². The third-order valence-corrected chi connectivity index (χ3v) is 2.10. The Labute approximate surface area is 81.1 Å². The predicted molar refractivity (Wildman–Crippen MR) is 44.1 cm³/mol. The molecule has 3 N–H and O–H groups in total. The van der Waals surface area contributed by atoms with Crippen molar-refractivity contribution >= 4 is 5.97 Å². The number of hydrogen-bond acceptors (Lipinski definition) is 6. The Morgan fingerprint density at radius 2 is 1.86 bits per heavy atom. The van der Waals surface area contributed by atoms with E-state index in [2.05, 4.69) is 0 Å². The first-order valence-electron chi connectivity index (χ1n) is 4.30. The first-order chi connectivity index (χ1) is 6.43. The molecule has 1 aliphatic heterocycles. The molecule has 0 amide bonds. The Bertz CT molecular complexity index is 218. The summed E-state index contributed by atoms with van der Waals surface area (Å²) in [5.41, 5.74) is 0. The van der Waals surface area contributed by atoms with Crippen LogP contribution in [0.1, 0.15) is 13.8 Å². The first kappa shape index (κ1) is 11.4. The predicted octanol–water partition coefficient (Wildman–Crippen LogP) is -1.62. The van der Waals surface area contributed by atoms with Gasteiger partial charge in [-0.05, 0) is 6.92 Å². The third-order valence-electron chi connectivity index (χ3n) is 2.10. The van der Waals surface area contributed by atoms with Gasteiger partial charge in [-0.2, -0.15) is 0 Å². The lowest BCUT2D eigenvalue weighted by Crippen LogP contribution is -2.57. The van der Waals surface area contributed by atoms with Crippen LogP contribution in [0.4, 0.5) is 0 Å². The van der Waals surface area contributed by atoms with Gasteiger partial charge >= 0.3 is 5.97 Å². The average Bonchev–Trinajstić information content (AvgIpc) is 2.09. The van der Waals surface area contributed by atoms with Gasteiger partial charge in [-0.15, -0.1) is 0 Å². The summed E-state index contributed by atoms with van der Waals surface area (Å²) in [5.74, 6) is -0.576. The number of carbonyl (C=O) groups excluding carboxylic acids is 1. The Morgan fingerprint density at radius 3 is 2.36 bits per heavy atom. The molecule has 0 saturated carbocycles. The normalized spacial score (nSPS) is 43.4. The van der Waals surface area contributed by atoms with Crippen LogP contribution in [0.5, 0.6) is 0 Å². The Balaban J connectivity index is 2.68. The van der Waals surface area contributed by atoms with Crippen molar-refractivity contribution in [1.82, 2.24) is 0 Å². The van der Waals surface area contributed by atoms with Crippen LogP contribution >= 0.6 is 0 Å². The largest absolute Gasteiger partial charge is 0.457 e. The maximum Gasteiger partial charge on any atom is 0.303 e. The second kappa shape index (κ2) is 4.22. The molecule has 1 saturated heterocycles. The fourth-order valence-electron chi connectivity index (χ4n) is 1.38. The van der Waals surface area contributed by atoms with Crippen LogP contribution in [-0.4, -0.2) is 52.0 Å². The highest BCUT2D eigenvalue weighted by molar-refractivity contribution is 5.66. The van der Waals surface area contributed by atoms with E-state index in [0.717, 1.165) is 0 Å². The lowest BCUT2D eigenvalue weighted by molar-refractivity contribution is -0.281. The summed E-state index contributed by atoms with van der Waals surface area (Å²) in [6, 6.07) is 0. The van der Waals surface area contributed by atoms with E-state index in [-0.39, 0.29) is 0 Å². The summed E-state index contributed by atoms with van der Waals surface area (Å²) in [5, 5.41) is 27.8. The number of carbonyl (C=O) groups is 1. The van der Waals surface area contributed by atoms with E-state index in [9.17, 15) is 15.0 Å². The molecule has 1 fully saturated rings. The van der Waals surface area contributed by atoms with Crippen molar-refractivity contribution in [2.24, 2.45) is 0 Å². The van der Waals surface area contributed by atoms with Gasteiger partial charge in [-0.1, -0.05) is 0 Å². The molecular weight excluding hydrogens is 192 g/mol. The van der Waals surface area contributed by atoms with Gasteiger partial charge in [-0.3, -0.25) is 4.79 Å². The number of aliphatic hydroxyl groups excluding tert-OH is 3.